The molecule has 5 nitrogen and oxygen atoms in total. The quantitative estimate of drug-likeness (QED) is 0.836. The Balaban J connectivity index is 1.56. The molecule has 2 aliphatic heterocycles. The molecular weight excluding hydrogens is 297 g/mol. The zero-order valence-corrected chi connectivity index (χ0v) is 13.6. The Kier molecular flexibility index (Phi) is 4.80. The van der Waals surface area contributed by atoms with E-state index in [4.69, 9.17) is 0 Å². The summed E-state index contributed by atoms with van der Waals surface area (Å²) in [5.74, 6) is -0.00377. The third kappa shape index (κ3) is 3.47. The van der Waals surface area contributed by atoms with E-state index in [1.165, 1.54) is 0 Å². The summed E-state index contributed by atoms with van der Waals surface area (Å²) >= 11 is 0. The van der Waals surface area contributed by atoms with E-state index >= 15 is 0 Å². The Labute approximate surface area is 135 Å². The first-order valence-electron chi connectivity index (χ1n) is 8.31. The molecular formula is C17H24FN3O2. The van der Waals surface area contributed by atoms with Crippen molar-refractivity contribution in [2.24, 2.45) is 13.0 Å². The summed E-state index contributed by atoms with van der Waals surface area (Å²) in [4.78, 5) is 27.9. The fourth-order valence-corrected chi connectivity index (χ4v) is 3.65. The minimum atomic E-state index is -0.400. The van der Waals surface area contributed by atoms with Crippen LogP contribution in [-0.4, -0.2) is 52.6 Å². The highest BCUT2D eigenvalue weighted by atomic mass is 19.1. The lowest BCUT2D eigenvalue weighted by Gasteiger charge is -2.37. The van der Waals surface area contributed by atoms with Crippen LogP contribution in [0.3, 0.4) is 0 Å². The summed E-state index contributed by atoms with van der Waals surface area (Å²) in [6.07, 6.45) is 2.21. The molecule has 2 fully saturated rings. The molecule has 1 amide bonds. The molecule has 1 unspecified atom stereocenters. The smallest absolute Gasteiger partial charge is 0.250 e. The number of amides is 1. The van der Waals surface area contributed by atoms with Crippen molar-refractivity contribution in [2.75, 3.05) is 26.3 Å². The number of carbonyl (C=O) groups is 1. The predicted octanol–water partition coefficient (Wildman–Crippen LogP) is 1.17. The van der Waals surface area contributed by atoms with Crippen molar-refractivity contribution in [3.63, 3.8) is 0 Å². The van der Waals surface area contributed by atoms with Crippen molar-refractivity contribution in [1.82, 2.24) is 14.4 Å². The molecule has 0 aliphatic carbocycles. The molecule has 1 aromatic heterocycles. The van der Waals surface area contributed by atoms with Crippen LogP contribution in [0.1, 0.15) is 25.0 Å². The zero-order chi connectivity index (χ0) is 16.4. The van der Waals surface area contributed by atoms with Gasteiger partial charge in [-0.05, 0) is 18.9 Å². The normalized spacial score (nSPS) is 23.7. The zero-order valence-electron chi connectivity index (χ0n) is 13.6. The highest BCUT2D eigenvalue weighted by Gasteiger charge is 2.35. The fourth-order valence-electron chi connectivity index (χ4n) is 3.65. The number of nitrogens with zero attached hydrogens (tertiary/aromatic N) is 3. The molecule has 6 heteroatoms. The van der Waals surface area contributed by atoms with Gasteiger partial charge >= 0.3 is 0 Å². The summed E-state index contributed by atoms with van der Waals surface area (Å²) in [5, 5.41) is 0. The third-order valence-electron chi connectivity index (χ3n) is 5.13. The van der Waals surface area contributed by atoms with E-state index < -0.39 is 6.67 Å². The Morgan fingerprint density at radius 3 is 2.61 bits per heavy atom. The summed E-state index contributed by atoms with van der Waals surface area (Å²) in [6, 6.07) is 5.58. The van der Waals surface area contributed by atoms with Crippen molar-refractivity contribution in [2.45, 2.75) is 31.8 Å². The molecule has 0 spiro atoms. The van der Waals surface area contributed by atoms with Crippen LogP contribution >= 0.6 is 0 Å². The third-order valence-corrected chi connectivity index (χ3v) is 5.13. The van der Waals surface area contributed by atoms with Gasteiger partial charge in [-0.2, -0.15) is 0 Å². The number of aromatic nitrogens is 1. The Hall–Kier alpha value is -1.69. The SMILES string of the molecule is Cn1c(CN2CCC(N3CC(CF)CC3=O)CC2)cccc1=O. The van der Waals surface area contributed by atoms with E-state index in [9.17, 15) is 14.0 Å². The second-order valence-corrected chi connectivity index (χ2v) is 6.69. The molecule has 1 atom stereocenters. The van der Waals surface area contributed by atoms with Crippen molar-refractivity contribution in [1.29, 1.82) is 0 Å². The van der Waals surface area contributed by atoms with Gasteiger partial charge in [0.05, 0.1) is 6.67 Å². The number of pyridine rings is 1. The molecule has 126 valence electrons. The molecule has 23 heavy (non-hydrogen) atoms. The van der Waals surface area contributed by atoms with E-state index in [0.29, 0.717) is 13.0 Å². The van der Waals surface area contributed by atoms with Gasteiger partial charge in [-0.1, -0.05) is 6.07 Å². The lowest BCUT2D eigenvalue weighted by atomic mass is 10.0. The van der Waals surface area contributed by atoms with Crippen molar-refractivity contribution >= 4 is 5.91 Å². The minimum absolute atomic E-state index is 0.0114. The molecule has 0 N–H and O–H groups in total. The van der Waals surface area contributed by atoms with Crippen LogP contribution < -0.4 is 5.56 Å². The number of piperidine rings is 1. The lowest BCUT2D eigenvalue weighted by molar-refractivity contribution is -0.130. The van der Waals surface area contributed by atoms with E-state index in [0.717, 1.165) is 38.2 Å². The second kappa shape index (κ2) is 6.83. The van der Waals surface area contributed by atoms with Crippen LogP contribution in [0.2, 0.25) is 0 Å². The van der Waals surface area contributed by atoms with Crippen LogP contribution in [-0.2, 0) is 18.4 Å². The molecule has 3 heterocycles. The largest absolute Gasteiger partial charge is 0.339 e. The van der Waals surface area contributed by atoms with Crippen LogP contribution in [0.15, 0.2) is 23.0 Å². The monoisotopic (exact) mass is 321 g/mol. The van der Waals surface area contributed by atoms with Gasteiger partial charge in [-0.25, -0.2) is 0 Å². The van der Waals surface area contributed by atoms with Gasteiger partial charge in [-0.3, -0.25) is 18.9 Å². The Morgan fingerprint density at radius 1 is 1.22 bits per heavy atom. The maximum atomic E-state index is 12.8. The Morgan fingerprint density at radius 2 is 1.96 bits per heavy atom. The lowest BCUT2D eigenvalue weighted by Crippen LogP contribution is -2.45. The van der Waals surface area contributed by atoms with Crippen LogP contribution in [0.25, 0.3) is 0 Å². The van der Waals surface area contributed by atoms with Gasteiger partial charge in [0, 0.05) is 63.4 Å². The van der Waals surface area contributed by atoms with E-state index in [2.05, 4.69) is 4.90 Å². The van der Waals surface area contributed by atoms with E-state index in [1.807, 2.05) is 11.0 Å². The van der Waals surface area contributed by atoms with E-state index in [1.54, 1.807) is 23.7 Å². The van der Waals surface area contributed by atoms with Gasteiger partial charge in [-0.15, -0.1) is 0 Å². The van der Waals surface area contributed by atoms with Crippen molar-refractivity contribution in [3.05, 3.63) is 34.2 Å². The van der Waals surface area contributed by atoms with Gasteiger partial charge < -0.3 is 9.47 Å². The number of hydrogen-bond acceptors (Lipinski definition) is 3. The molecule has 2 aliphatic rings. The summed E-state index contributed by atoms with van der Waals surface area (Å²) in [7, 11) is 1.80. The van der Waals surface area contributed by atoms with Crippen LogP contribution in [0, 0.1) is 5.92 Å². The first kappa shape index (κ1) is 16.2. The van der Waals surface area contributed by atoms with E-state index in [-0.39, 0.29) is 23.4 Å². The van der Waals surface area contributed by atoms with Crippen LogP contribution in [0.5, 0.6) is 0 Å². The molecule has 2 saturated heterocycles. The molecule has 0 radical (unpaired) electrons. The number of carbonyl (C=O) groups excluding carboxylic acids is 1. The van der Waals surface area contributed by atoms with Crippen molar-refractivity contribution < 1.29 is 9.18 Å². The number of likely N-dealkylation sites (tertiary alicyclic amines) is 2. The maximum Gasteiger partial charge on any atom is 0.250 e. The molecule has 0 saturated carbocycles. The number of alkyl halides is 1. The van der Waals surface area contributed by atoms with Gasteiger partial charge in [0.2, 0.25) is 11.5 Å². The van der Waals surface area contributed by atoms with Crippen LogP contribution in [0.4, 0.5) is 4.39 Å². The Bertz CT molecular complexity index is 623. The minimum Gasteiger partial charge on any atom is -0.339 e. The van der Waals surface area contributed by atoms with Crippen molar-refractivity contribution in [3.8, 4) is 0 Å². The highest BCUT2D eigenvalue weighted by Crippen LogP contribution is 2.26. The maximum absolute atomic E-state index is 12.8. The molecule has 0 aromatic carbocycles. The second-order valence-electron chi connectivity index (χ2n) is 6.69. The highest BCUT2D eigenvalue weighted by molar-refractivity contribution is 5.79. The number of rotatable bonds is 4. The molecule has 1 aromatic rings. The van der Waals surface area contributed by atoms with Gasteiger partial charge in [0.25, 0.3) is 0 Å². The average molecular weight is 321 g/mol. The topological polar surface area (TPSA) is 45.5 Å². The number of hydrogen-bond donors (Lipinski definition) is 0. The first-order valence-corrected chi connectivity index (χ1v) is 8.31. The standard InChI is InChI=1S/C17H24FN3O2/c1-19-15(3-2-4-16(19)22)12-20-7-5-14(6-8-20)21-11-13(10-18)9-17(21)23/h2-4,13-14H,5-12H2,1H3. The first-order chi connectivity index (χ1) is 11.1. The molecule has 0 bridgehead atoms. The summed E-state index contributed by atoms with van der Waals surface area (Å²) in [6.45, 7) is 2.73. The summed E-state index contributed by atoms with van der Waals surface area (Å²) in [5.41, 5.74) is 1.02. The van der Waals surface area contributed by atoms with Gasteiger partial charge in [0.1, 0.15) is 0 Å². The average Bonchev–Trinajstić information content (AvgIpc) is 2.94. The fraction of sp³-hybridized carbons (Fsp3) is 0.647. The molecule has 3 rings (SSSR count). The van der Waals surface area contributed by atoms with Gasteiger partial charge in [0.15, 0.2) is 0 Å². The summed E-state index contributed by atoms with van der Waals surface area (Å²) < 4.78 is 14.5. The number of halogens is 1. The predicted molar refractivity (Wildman–Crippen MR) is 85.8 cm³/mol.